The highest BCUT2D eigenvalue weighted by Crippen LogP contribution is 2.35. The Morgan fingerprint density at radius 2 is 2.15 bits per heavy atom. The zero-order valence-electron chi connectivity index (χ0n) is 11.5. The first-order valence-electron chi connectivity index (χ1n) is 6.73. The third kappa shape index (κ3) is 3.02. The molecule has 1 heterocycles. The monoisotopic (exact) mass is 287 g/mol. The molecule has 0 unspecified atom stereocenters. The molecule has 0 fully saturated rings. The number of fused-ring (bicyclic) bond motifs is 1. The molecule has 0 spiro atoms. The van der Waals surface area contributed by atoms with E-state index in [1.807, 2.05) is 19.2 Å². The number of aromatic nitrogens is 1. The maximum atomic E-state index is 5.56. The highest BCUT2D eigenvalue weighted by Gasteiger charge is 2.16. The smallest absolute Gasteiger partial charge is 0.119 e. The van der Waals surface area contributed by atoms with Crippen LogP contribution in [0.3, 0.4) is 0 Å². The van der Waals surface area contributed by atoms with E-state index in [4.69, 9.17) is 4.74 Å². The number of nitrogens with zero attached hydrogens (tertiary/aromatic N) is 1. The van der Waals surface area contributed by atoms with Gasteiger partial charge in [0, 0.05) is 12.4 Å². The summed E-state index contributed by atoms with van der Waals surface area (Å²) in [5, 5.41) is 0. The minimum absolute atomic E-state index is 0. The molecular weight excluding hydrogens is 270 g/mol. The van der Waals surface area contributed by atoms with Crippen molar-refractivity contribution < 1.29 is 4.74 Å². The van der Waals surface area contributed by atoms with Gasteiger partial charge < -0.3 is 4.74 Å². The minimum atomic E-state index is 0. The second-order valence-corrected chi connectivity index (χ2v) is 4.71. The predicted octanol–water partition coefficient (Wildman–Crippen LogP) is 4.39. The van der Waals surface area contributed by atoms with E-state index in [1.165, 1.54) is 22.3 Å². The van der Waals surface area contributed by atoms with Crippen molar-refractivity contribution in [3.63, 3.8) is 0 Å². The summed E-state index contributed by atoms with van der Waals surface area (Å²) in [6, 6.07) is 10.5. The lowest BCUT2D eigenvalue weighted by atomic mass is 10.0. The number of pyridine rings is 1. The molecule has 2 nitrogen and oxygen atoms in total. The van der Waals surface area contributed by atoms with E-state index in [2.05, 4.69) is 35.3 Å². The first kappa shape index (κ1) is 14.6. The van der Waals surface area contributed by atoms with Gasteiger partial charge in [0.25, 0.3) is 0 Å². The Labute approximate surface area is 125 Å². The van der Waals surface area contributed by atoms with Gasteiger partial charge in [-0.25, -0.2) is 0 Å². The highest BCUT2D eigenvalue weighted by atomic mass is 35.5. The standard InChI is InChI=1S/C17H17NO.ClH/c1-2-19-16-7-8-17-14(5-6-15(17)11-16)10-13-4-3-9-18-12-13;/h3-4,7-12H,2,5-6H2,1H3;1H/b14-10+;. The van der Waals surface area contributed by atoms with Gasteiger partial charge >= 0.3 is 0 Å². The van der Waals surface area contributed by atoms with Crippen molar-refractivity contribution in [2.75, 3.05) is 6.61 Å². The third-order valence-corrected chi connectivity index (χ3v) is 3.42. The van der Waals surface area contributed by atoms with Crippen molar-refractivity contribution >= 4 is 24.1 Å². The summed E-state index contributed by atoms with van der Waals surface area (Å²) in [6.07, 6.45) is 8.14. The second-order valence-electron chi connectivity index (χ2n) is 4.71. The first-order chi connectivity index (χ1) is 9.36. The lowest BCUT2D eigenvalue weighted by Gasteiger charge is -2.06. The fraction of sp³-hybridized carbons (Fsp3) is 0.235. The molecular formula is C17H18ClNO. The van der Waals surface area contributed by atoms with Crippen LogP contribution >= 0.6 is 12.4 Å². The average molecular weight is 288 g/mol. The molecule has 1 aromatic carbocycles. The number of rotatable bonds is 3. The van der Waals surface area contributed by atoms with Crippen LogP contribution in [0.15, 0.2) is 42.7 Å². The summed E-state index contributed by atoms with van der Waals surface area (Å²) in [6.45, 7) is 2.73. The van der Waals surface area contributed by atoms with E-state index in [0.717, 1.165) is 25.2 Å². The van der Waals surface area contributed by atoms with Crippen LogP contribution in [0.2, 0.25) is 0 Å². The predicted molar refractivity (Wildman–Crippen MR) is 85.3 cm³/mol. The first-order valence-corrected chi connectivity index (χ1v) is 6.73. The zero-order chi connectivity index (χ0) is 13.1. The van der Waals surface area contributed by atoms with Crippen molar-refractivity contribution in [1.29, 1.82) is 0 Å². The van der Waals surface area contributed by atoms with Gasteiger partial charge in [-0.1, -0.05) is 12.1 Å². The number of ether oxygens (including phenoxy) is 1. The van der Waals surface area contributed by atoms with Crippen molar-refractivity contribution in [3.05, 3.63) is 59.4 Å². The van der Waals surface area contributed by atoms with Crippen LogP contribution in [0.1, 0.15) is 30.0 Å². The van der Waals surface area contributed by atoms with E-state index >= 15 is 0 Å². The molecule has 0 bridgehead atoms. The van der Waals surface area contributed by atoms with Crippen molar-refractivity contribution in [3.8, 4) is 5.75 Å². The molecule has 0 atom stereocenters. The molecule has 1 aliphatic carbocycles. The maximum Gasteiger partial charge on any atom is 0.119 e. The molecule has 0 saturated carbocycles. The Balaban J connectivity index is 0.00000147. The number of hydrogen-bond donors (Lipinski definition) is 0. The molecule has 3 heteroatoms. The SMILES string of the molecule is CCOc1ccc2c(c1)CC/C2=C\c1cccnc1.Cl. The third-order valence-electron chi connectivity index (χ3n) is 3.42. The van der Waals surface area contributed by atoms with Gasteiger partial charge in [0.1, 0.15) is 5.75 Å². The molecule has 0 radical (unpaired) electrons. The normalized spacial score (nSPS) is 14.8. The maximum absolute atomic E-state index is 5.56. The summed E-state index contributed by atoms with van der Waals surface area (Å²) >= 11 is 0. The lowest BCUT2D eigenvalue weighted by Crippen LogP contribution is -1.92. The number of allylic oxidation sites excluding steroid dienone is 1. The van der Waals surface area contributed by atoms with E-state index < -0.39 is 0 Å². The second kappa shape index (κ2) is 6.58. The van der Waals surface area contributed by atoms with Gasteiger partial charge in [-0.15, -0.1) is 12.4 Å². The number of aryl methyl sites for hydroxylation is 1. The Kier molecular flexibility index (Phi) is 4.80. The molecule has 1 aliphatic rings. The van der Waals surface area contributed by atoms with Gasteiger partial charge in [-0.05, 0) is 66.3 Å². The van der Waals surface area contributed by atoms with E-state index in [1.54, 1.807) is 6.20 Å². The molecule has 0 saturated heterocycles. The summed E-state index contributed by atoms with van der Waals surface area (Å²) in [5.41, 5.74) is 5.30. The highest BCUT2D eigenvalue weighted by molar-refractivity contribution is 5.85. The van der Waals surface area contributed by atoms with Gasteiger partial charge in [-0.2, -0.15) is 0 Å². The molecule has 0 aliphatic heterocycles. The Morgan fingerprint density at radius 3 is 2.90 bits per heavy atom. The van der Waals surface area contributed by atoms with Crippen molar-refractivity contribution in [2.24, 2.45) is 0 Å². The lowest BCUT2D eigenvalue weighted by molar-refractivity contribution is 0.340. The molecule has 3 rings (SSSR count). The topological polar surface area (TPSA) is 22.1 Å². The summed E-state index contributed by atoms with van der Waals surface area (Å²) in [5.74, 6) is 0.976. The van der Waals surface area contributed by atoms with Crippen LogP contribution in [0.5, 0.6) is 5.75 Å². The number of hydrogen-bond acceptors (Lipinski definition) is 2. The van der Waals surface area contributed by atoms with Crippen molar-refractivity contribution in [1.82, 2.24) is 4.98 Å². The fourth-order valence-corrected chi connectivity index (χ4v) is 2.56. The quantitative estimate of drug-likeness (QED) is 0.835. The van der Waals surface area contributed by atoms with Gasteiger partial charge in [0.2, 0.25) is 0 Å². The largest absolute Gasteiger partial charge is 0.494 e. The summed E-state index contributed by atoms with van der Waals surface area (Å²) in [4.78, 5) is 4.16. The molecule has 0 N–H and O–H groups in total. The Morgan fingerprint density at radius 1 is 1.25 bits per heavy atom. The van der Waals surface area contributed by atoms with E-state index in [0.29, 0.717) is 0 Å². The fourth-order valence-electron chi connectivity index (χ4n) is 2.56. The van der Waals surface area contributed by atoms with Crippen LogP contribution in [-0.4, -0.2) is 11.6 Å². The average Bonchev–Trinajstić information content (AvgIpc) is 2.83. The van der Waals surface area contributed by atoms with Crippen LogP contribution in [-0.2, 0) is 6.42 Å². The zero-order valence-corrected chi connectivity index (χ0v) is 12.3. The Hall–Kier alpha value is -1.80. The molecule has 1 aromatic heterocycles. The van der Waals surface area contributed by atoms with Crippen LogP contribution < -0.4 is 4.74 Å². The van der Waals surface area contributed by atoms with E-state index in [9.17, 15) is 0 Å². The Bertz CT molecular complexity index is 608. The van der Waals surface area contributed by atoms with Crippen LogP contribution in [0.4, 0.5) is 0 Å². The number of benzene rings is 1. The molecule has 104 valence electrons. The van der Waals surface area contributed by atoms with Gasteiger partial charge in [-0.3, -0.25) is 4.98 Å². The van der Waals surface area contributed by atoms with Gasteiger partial charge in [0.05, 0.1) is 6.61 Å². The summed E-state index contributed by atoms with van der Waals surface area (Å²) < 4.78 is 5.56. The van der Waals surface area contributed by atoms with E-state index in [-0.39, 0.29) is 12.4 Å². The summed E-state index contributed by atoms with van der Waals surface area (Å²) in [7, 11) is 0. The molecule has 20 heavy (non-hydrogen) atoms. The molecule has 0 amide bonds. The van der Waals surface area contributed by atoms with Crippen LogP contribution in [0.25, 0.3) is 11.6 Å². The molecule has 2 aromatic rings. The van der Waals surface area contributed by atoms with Crippen LogP contribution in [0, 0.1) is 0 Å². The van der Waals surface area contributed by atoms with Crippen molar-refractivity contribution in [2.45, 2.75) is 19.8 Å². The number of halogens is 1. The minimum Gasteiger partial charge on any atom is -0.494 e. The van der Waals surface area contributed by atoms with Gasteiger partial charge in [0.15, 0.2) is 0 Å².